The fourth-order valence-corrected chi connectivity index (χ4v) is 3.73. The van der Waals surface area contributed by atoms with Gasteiger partial charge in [0.25, 0.3) is 0 Å². The largest absolute Gasteiger partial charge is 0.497 e. The topological polar surface area (TPSA) is 73.5 Å². The van der Waals surface area contributed by atoms with Gasteiger partial charge in [-0.1, -0.05) is 6.07 Å². The molecule has 2 heterocycles. The molecule has 0 N–H and O–H groups in total. The van der Waals surface area contributed by atoms with Gasteiger partial charge < -0.3 is 13.9 Å². The predicted molar refractivity (Wildman–Crippen MR) is 112 cm³/mol. The molecule has 0 saturated carbocycles. The maximum absolute atomic E-state index is 5.94. The van der Waals surface area contributed by atoms with Crippen LogP contribution in [0.5, 0.6) is 11.5 Å². The van der Waals surface area contributed by atoms with Crippen LogP contribution in [0.1, 0.15) is 17.0 Å². The second-order valence-electron chi connectivity index (χ2n) is 6.85. The first-order valence-corrected chi connectivity index (χ1v) is 9.89. The maximum Gasteiger partial charge on any atom is 0.230 e. The molecule has 0 aliphatic carbocycles. The molecule has 0 fully saturated rings. The molecule has 0 aliphatic rings. The van der Waals surface area contributed by atoms with Crippen molar-refractivity contribution in [2.24, 2.45) is 0 Å². The zero-order valence-corrected chi connectivity index (χ0v) is 17.6. The fourth-order valence-electron chi connectivity index (χ4n) is 3.21. The highest BCUT2D eigenvalue weighted by Crippen LogP contribution is 2.33. The molecule has 8 heteroatoms. The smallest absolute Gasteiger partial charge is 0.230 e. The van der Waals surface area contributed by atoms with Crippen LogP contribution >= 0.6 is 11.7 Å². The van der Waals surface area contributed by atoms with Crippen LogP contribution in [0.25, 0.3) is 22.5 Å². The van der Waals surface area contributed by atoms with Gasteiger partial charge in [-0.3, -0.25) is 4.90 Å². The van der Waals surface area contributed by atoms with E-state index in [9.17, 15) is 0 Å². The fraction of sp³-hybridized carbons (Fsp3) is 0.286. The zero-order valence-electron chi connectivity index (χ0n) is 16.8. The number of aromatic nitrogens is 3. The predicted octanol–water partition coefficient (Wildman–Crippen LogP) is 4.30. The third-order valence-electron chi connectivity index (χ3n) is 4.72. The number of hydrogen-bond donors (Lipinski definition) is 0. The maximum atomic E-state index is 5.94. The van der Waals surface area contributed by atoms with Gasteiger partial charge in [0.05, 0.1) is 37.2 Å². The third kappa shape index (κ3) is 4.08. The van der Waals surface area contributed by atoms with Crippen molar-refractivity contribution in [2.75, 3.05) is 21.3 Å². The second-order valence-corrected chi connectivity index (χ2v) is 7.38. The van der Waals surface area contributed by atoms with E-state index >= 15 is 0 Å². The van der Waals surface area contributed by atoms with Crippen molar-refractivity contribution in [1.82, 2.24) is 18.6 Å². The van der Waals surface area contributed by atoms with Crippen molar-refractivity contribution in [3.63, 3.8) is 0 Å². The molecule has 0 saturated heterocycles. The van der Waals surface area contributed by atoms with Gasteiger partial charge in [-0.15, -0.1) is 0 Å². The Hall–Kier alpha value is -2.97. The Balaban J connectivity index is 1.52. The lowest BCUT2D eigenvalue weighted by Gasteiger charge is -2.15. The lowest BCUT2D eigenvalue weighted by molar-refractivity contribution is 0.313. The molecule has 0 amide bonds. The number of rotatable bonds is 7. The van der Waals surface area contributed by atoms with Crippen molar-refractivity contribution >= 4 is 22.8 Å². The van der Waals surface area contributed by atoms with Crippen LogP contribution in [0.2, 0.25) is 0 Å². The third-order valence-corrected chi connectivity index (χ3v) is 5.28. The van der Waals surface area contributed by atoms with E-state index in [1.165, 1.54) is 17.3 Å². The SMILES string of the molecule is COc1ccc(-c2nc(CN(C)Cc3ccc4nsnc4c3)c(C)o2)c(OC)c1. The number of aryl methyl sites for hydroxylation is 1. The van der Waals surface area contributed by atoms with E-state index in [2.05, 4.69) is 32.8 Å². The van der Waals surface area contributed by atoms with Crippen LogP contribution < -0.4 is 9.47 Å². The Kier molecular flexibility index (Phi) is 5.46. The molecule has 2 aromatic heterocycles. The van der Waals surface area contributed by atoms with Crippen LogP contribution in [-0.2, 0) is 13.1 Å². The number of methoxy groups -OCH3 is 2. The summed E-state index contributed by atoms with van der Waals surface area (Å²) in [6, 6.07) is 11.8. The van der Waals surface area contributed by atoms with Gasteiger partial charge in [0.2, 0.25) is 5.89 Å². The highest BCUT2D eigenvalue weighted by atomic mass is 32.1. The van der Waals surface area contributed by atoms with Gasteiger partial charge in [-0.25, -0.2) is 4.98 Å². The van der Waals surface area contributed by atoms with E-state index in [4.69, 9.17) is 18.9 Å². The van der Waals surface area contributed by atoms with E-state index in [-0.39, 0.29) is 0 Å². The number of benzene rings is 2. The highest BCUT2D eigenvalue weighted by Gasteiger charge is 2.17. The summed E-state index contributed by atoms with van der Waals surface area (Å²) in [6.07, 6.45) is 0. The molecule has 4 rings (SSSR count). The molecule has 29 heavy (non-hydrogen) atoms. The van der Waals surface area contributed by atoms with E-state index in [1.807, 2.05) is 31.2 Å². The first-order valence-electron chi connectivity index (χ1n) is 9.16. The van der Waals surface area contributed by atoms with Gasteiger partial charge in [-0.2, -0.15) is 8.75 Å². The summed E-state index contributed by atoms with van der Waals surface area (Å²) in [7, 11) is 5.31. The van der Waals surface area contributed by atoms with Crippen molar-refractivity contribution < 1.29 is 13.9 Å². The number of hydrogen-bond acceptors (Lipinski definition) is 8. The standard InChI is InChI=1S/C21H22N4O3S/c1-13-19(12-25(2)11-14-5-8-17-18(9-14)24-29-23-17)22-21(28-13)16-7-6-15(26-3)10-20(16)27-4/h5-10H,11-12H2,1-4H3. The van der Waals surface area contributed by atoms with Gasteiger partial charge in [0.1, 0.15) is 28.3 Å². The highest BCUT2D eigenvalue weighted by molar-refractivity contribution is 7.00. The molecule has 0 bridgehead atoms. The molecule has 0 unspecified atom stereocenters. The summed E-state index contributed by atoms with van der Waals surface area (Å²) in [5.41, 5.74) is 4.76. The molecule has 2 aromatic carbocycles. The number of fused-ring (bicyclic) bond motifs is 1. The van der Waals surface area contributed by atoms with Gasteiger partial charge in [0, 0.05) is 19.2 Å². The summed E-state index contributed by atoms with van der Waals surface area (Å²) in [5.74, 6) is 2.72. The van der Waals surface area contributed by atoms with Gasteiger partial charge in [0.15, 0.2) is 0 Å². The Bertz CT molecular complexity index is 1140. The molecular formula is C21H22N4O3S. The minimum absolute atomic E-state index is 0.542. The molecule has 0 radical (unpaired) electrons. The lowest BCUT2D eigenvalue weighted by atomic mass is 10.2. The zero-order chi connectivity index (χ0) is 20.4. The van der Waals surface area contributed by atoms with E-state index in [1.54, 1.807) is 14.2 Å². The number of ether oxygens (including phenoxy) is 2. The first-order chi connectivity index (χ1) is 14.1. The minimum atomic E-state index is 0.542. The van der Waals surface area contributed by atoms with Crippen molar-refractivity contribution in [2.45, 2.75) is 20.0 Å². The number of oxazole rings is 1. The molecule has 7 nitrogen and oxygen atoms in total. The molecule has 150 valence electrons. The van der Waals surface area contributed by atoms with Crippen LogP contribution in [0.3, 0.4) is 0 Å². The van der Waals surface area contributed by atoms with E-state index < -0.39 is 0 Å². The summed E-state index contributed by atoms with van der Waals surface area (Å²) in [6.45, 7) is 3.38. The van der Waals surface area contributed by atoms with Crippen molar-refractivity contribution in [3.05, 3.63) is 53.4 Å². The molecule has 4 aromatic rings. The summed E-state index contributed by atoms with van der Waals surface area (Å²) in [4.78, 5) is 6.91. The van der Waals surface area contributed by atoms with E-state index in [0.29, 0.717) is 18.2 Å². The summed E-state index contributed by atoms with van der Waals surface area (Å²) in [5, 5.41) is 0. The second kappa shape index (κ2) is 8.18. The molecule has 0 atom stereocenters. The van der Waals surface area contributed by atoms with Crippen molar-refractivity contribution in [3.8, 4) is 23.0 Å². The molecule has 0 aliphatic heterocycles. The van der Waals surface area contributed by atoms with Crippen LogP contribution in [-0.4, -0.2) is 39.9 Å². The van der Waals surface area contributed by atoms with Gasteiger partial charge in [-0.05, 0) is 43.8 Å². The van der Waals surface area contributed by atoms with Crippen molar-refractivity contribution in [1.29, 1.82) is 0 Å². The monoisotopic (exact) mass is 410 g/mol. The van der Waals surface area contributed by atoms with E-state index in [0.717, 1.165) is 40.3 Å². The summed E-state index contributed by atoms with van der Waals surface area (Å²) < 4.78 is 25.2. The Morgan fingerprint density at radius 2 is 1.83 bits per heavy atom. The average Bonchev–Trinajstić information content (AvgIpc) is 3.33. The Morgan fingerprint density at radius 3 is 2.62 bits per heavy atom. The van der Waals surface area contributed by atoms with Crippen LogP contribution in [0.4, 0.5) is 0 Å². The lowest BCUT2D eigenvalue weighted by Crippen LogP contribution is -2.18. The Morgan fingerprint density at radius 1 is 1.00 bits per heavy atom. The number of nitrogens with zero attached hydrogens (tertiary/aromatic N) is 4. The Labute approximate surface area is 173 Å². The van der Waals surface area contributed by atoms with Gasteiger partial charge >= 0.3 is 0 Å². The minimum Gasteiger partial charge on any atom is -0.497 e. The normalized spacial score (nSPS) is 11.3. The average molecular weight is 410 g/mol. The van der Waals surface area contributed by atoms with Crippen LogP contribution in [0, 0.1) is 6.92 Å². The van der Waals surface area contributed by atoms with Crippen LogP contribution in [0.15, 0.2) is 40.8 Å². The first kappa shape index (κ1) is 19.4. The summed E-state index contributed by atoms with van der Waals surface area (Å²) >= 11 is 1.24. The molecule has 0 spiro atoms. The quantitative estimate of drug-likeness (QED) is 0.450. The molecular weight excluding hydrogens is 388 g/mol.